The van der Waals surface area contributed by atoms with E-state index in [-0.39, 0.29) is 273 Å². The average Bonchev–Trinajstić information content (AvgIpc) is 1.43. The third kappa shape index (κ3) is 47.6. The van der Waals surface area contributed by atoms with Crippen LogP contribution in [0.15, 0.2) is 0 Å². The summed E-state index contributed by atoms with van der Waals surface area (Å²) in [5.74, 6) is 0. The second-order valence-electron chi connectivity index (χ2n) is 1.50. The van der Waals surface area contributed by atoms with Crippen LogP contribution in [0.2, 0.25) is 0 Å². The zero-order chi connectivity index (χ0) is 10.9. The standard InChI is InChI=1S/5K.H5O10P3.3H2O/c;;;;;1-11(2,3)9-13(7,8)10-12(4,5)6;;;/h;;;;;(H,7,8)(H2,1,2,3)(H2,4,5,6);3*1H2/q5*+1;;;;/p-5. The minimum Gasteiger partial charge on any atom is -0.790 e. The van der Waals surface area contributed by atoms with E-state index < -0.39 is 23.5 Å². The molecule has 0 spiro atoms. The Balaban J connectivity index is -0.0000000257. The third-order valence-electron chi connectivity index (χ3n) is 0.400. The Morgan fingerprint density at radius 3 is 0.762 bits per heavy atom. The summed E-state index contributed by atoms with van der Waals surface area (Å²) in [5, 5.41) is 0. The van der Waals surface area contributed by atoms with Crippen LogP contribution in [0.25, 0.3) is 0 Å². The molecule has 0 atom stereocenters. The summed E-state index contributed by atoms with van der Waals surface area (Å²) in [5.41, 5.74) is 0. The van der Waals surface area contributed by atoms with Crippen molar-refractivity contribution in [3.63, 3.8) is 0 Å². The molecule has 0 fully saturated rings. The SMILES string of the molecule is O.O.O.O=P([O-])([O-])OP(=O)([O-])OP(=O)([O-])[O-].[K+].[K+].[K+].[K+].[K+]. The maximum atomic E-state index is 10.1. The van der Waals surface area contributed by atoms with Crippen LogP contribution in [0.5, 0.6) is 0 Å². The van der Waals surface area contributed by atoms with E-state index in [9.17, 15) is 38.2 Å². The second kappa shape index (κ2) is 26.5. The van der Waals surface area contributed by atoms with E-state index in [4.69, 9.17) is 0 Å². The summed E-state index contributed by atoms with van der Waals surface area (Å²) in [6, 6.07) is 0. The molecule has 0 aromatic rings. The van der Waals surface area contributed by atoms with Crippen molar-refractivity contribution in [1.82, 2.24) is 0 Å². The van der Waals surface area contributed by atoms with E-state index in [0.717, 1.165) is 0 Å². The van der Waals surface area contributed by atoms with Gasteiger partial charge in [-0.1, -0.05) is 0 Å². The molecule has 0 aromatic carbocycles. The molecule has 0 aromatic heterocycles. The van der Waals surface area contributed by atoms with Gasteiger partial charge in [0.1, 0.15) is 0 Å². The monoisotopic (exact) mass is 502 g/mol. The average molecular weight is 502 g/mol. The molecular weight excluding hydrogens is 496 g/mol. The van der Waals surface area contributed by atoms with Crippen LogP contribution in [0.1, 0.15) is 0 Å². The fraction of sp³-hybridized carbons (Fsp3) is 0. The third-order valence-corrected chi connectivity index (χ3v) is 3.60. The first-order chi connectivity index (χ1) is 5.41. The molecule has 104 valence electrons. The fourth-order valence-corrected chi connectivity index (χ4v) is 2.61. The summed E-state index contributed by atoms with van der Waals surface area (Å²) >= 11 is 0. The maximum Gasteiger partial charge on any atom is 1.00 e. The van der Waals surface area contributed by atoms with Gasteiger partial charge in [-0.05, 0) is 0 Å². The molecule has 21 heavy (non-hydrogen) atoms. The first-order valence-electron chi connectivity index (χ1n) is 2.19. The molecule has 0 saturated heterocycles. The first-order valence-corrected chi connectivity index (χ1v) is 6.57. The molecule has 0 rings (SSSR count). The first kappa shape index (κ1) is 57.0. The number of rotatable bonds is 4. The van der Waals surface area contributed by atoms with Gasteiger partial charge in [-0.25, -0.2) is 0 Å². The fourth-order valence-electron chi connectivity index (χ4n) is 0.260. The van der Waals surface area contributed by atoms with Crippen LogP contribution in [0, 0.1) is 0 Å². The molecule has 0 unspecified atom stereocenters. The summed E-state index contributed by atoms with van der Waals surface area (Å²) in [6.07, 6.45) is 0. The Labute approximate surface area is 332 Å². The molecule has 0 radical (unpaired) electrons. The van der Waals surface area contributed by atoms with Crippen molar-refractivity contribution < 1.29 is 320 Å². The molecule has 0 aliphatic heterocycles. The zero-order valence-corrected chi connectivity index (χ0v) is 30.2. The van der Waals surface area contributed by atoms with Gasteiger partial charge in [0.25, 0.3) is 7.82 Å². The molecule has 0 bridgehead atoms. The number of phosphoric acid groups is 3. The molecule has 0 amide bonds. The Morgan fingerprint density at radius 1 is 0.524 bits per heavy atom. The van der Waals surface area contributed by atoms with Crippen molar-refractivity contribution in [2.24, 2.45) is 0 Å². The van der Waals surface area contributed by atoms with Crippen molar-refractivity contribution in [2.75, 3.05) is 0 Å². The Kier molecular flexibility index (Phi) is 72.0. The van der Waals surface area contributed by atoms with Gasteiger partial charge in [-0.2, -0.15) is 0 Å². The normalized spacial score (nSPS) is 9.00. The van der Waals surface area contributed by atoms with Crippen molar-refractivity contribution in [3.05, 3.63) is 0 Å². The molecular formula is H6K5O13P3. The van der Waals surface area contributed by atoms with Gasteiger partial charge >= 0.3 is 257 Å². The predicted octanol–water partition coefficient (Wildman–Crippen LogP) is -21.3. The van der Waals surface area contributed by atoms with Crippen LogP contribution >= 0.6 is 23.5 Å². The molecule has 0 saturated carbocycles. The summed E-state index contributed by atoms with van der Waals surface area (Å²) in [4.78, 5) is 48.6. The minimum absolute atomic E-state index is 0. The Morgan fingerprint density at radius 2 is 0.667 bits per heavy atom. The van der Waals surface area contributed by atoms with Gasteiger partial charge in [0, 0.05) is 0 Å². The van der Waals surface area contributed by atoms with Gasteiger partial charge in [-0.15, -0.1) is 0 Å². The quantitative estimate of drug-likeness (QED) is 0.258. The smallest absolute Gasteiger partial charge is 0.790 e. The molecule has 6 N–H and O–H groups in total. The van der Waals surface area contributed by atoms with Crippen LogP contribution in [0.3, 0.4) is 0 Å². The van der Waals surface area contributed by atoms with Crippen molar-refractivity contribution in [1.29, 1.82) is 0 Å². The topological polar surface area (TPSA) is 279 Å². The van der Waals surface area contributed by atoms with Gasteiger partial charge in [0.15, 0.2) is 0 Å². The van der Waals surface area contributed by atoms with E-state index in [0.29, 0.717) is 0 Å². The molecule has 0 aliphatic carbocycles. The van der Waals surface area contributed by atoms with E-state index in [1.54, 1.807) is 0 Å². The van der Waals surface area contributed by atoms with Gasteiger partial charge in [-0.3, -0.25) is 13.2 Å². The van der Waals surface area contributed by atoms with Crippen molar-refractivity contribution in [3.8, 4) is 0 Å². The summed E-state index contributed by atoms with van der Waals surface area (Å²) in [7, 11) is -17.9. The summed E-state index contributed by atoms with van der Waals surface area (Å²) in [6.45, 7) is 0. The number of hydrogen-bond donors (Lipinski definition) is 0. The largest absolute Gasteiger partial charge is 1.00 e. The van der Waals surface area contributed by atoms with Crippen LogP contribution in [0.4, 0.5) is 0 Å². The molecule has 21 heteroatoms. The van der Waals surface area contributed by atoms with Crippen molar-refractivity contribution >= 4 is 23.5 Å². The Hall–Kier alpha value is 8.47. The second-order valence-corrected chi connectivity index (χ2v) is 5.49. The van der Waals surface area contributed by atoms with E-state index in [1.165, 1.54) is 0 Å². The maximum absolute atomic E-state index is 10.1. The van der Waals surface area contributed by atoms with Gasteiger partial charge < -0.3 is 50.0 Å². The molecule has 0 heterocycles. The Bertz CT molecular complexity index is 290. The van der Waals surface area contributed by atoms with Crippen LogP contribution < -0.4 is 281 Å². The summed E-state index contributed by atoms with van der Waals surface area (Å²) < 4.78 is 34.7. The predicted molar refractivity (Wildman–Crippen MR) is 35.8 cm³/mol. The molecule has 13 nitrogen and oxygen atoms in total. The zero-order valence-electron chi connectivity index (χ0n) is 11.9. The van der Waals surface area contributed by atoms with Crippen LogP contribution in [-0.2, 0) is 22.3 Å². The van der Waals surface area contributed by atoms with Crippen LogP contribution in [-0.4, -0.2) is 16.4 Å². The van der Waals surface area contributed by atoms with E-state index in [1.807, 2.05) is 0 Å². The van der Waals surface area contributed by atoms with E-state index in [2.05, 4.69) is 8.62 Å². The van der Waals surface area contributed by atoms with Gasteiger partial charge in [0.05, 0.1) is 15.6 Å². The van der Waals surface area contributed by atoms with E-state index >= 15 is 0 Å². The number of hydrogen-bond acceptors (Lipinski definition) is 10. The van der Waals surface area contributed by atoms with Crippen molar-refractivity contribution in [2.45, 2.75) is 0 Å². The minimum atomic E-state index is -5.97. The van der Waals surface area contributed by atoms with Gasteiger partial charge in [0.2, 0.25) is 0 Å². The molecule has 0 aliphatic rings.